The summed E-state index contributed by atoms with van der Waals surface area (Å²) < 4.78 is 39.4. The summed E-state index contributed by atoms with van der Waals surface area (Å²) in [7, 11) is 0. The van der Waals surface area contributed by atoms with E-state index in [0.29, 0.717) is 17.3 Å². The van der Waals surface area contributed by atoms with E-state index < -0.39 is 22.9 Å². The number of benzene rings is 2. The largest absolute Gasteiger partial charge is 0.416 e. The standard InChI is InChI=1S/C17H9BrF3NO2S/c18-12-6-4-10(5-7-12)8-14-15(23)22(16(24)25-14)13-3-1-2-11(9-13)17(19,20)21/h1-9H/b14-8-. The Labute approximate surface area is 153 Å². The minimum absolute atomic E-state index is 0.100. The van der Waals surface area contributed by atoms with Crippen molar-refractivity contribution < 1.29 is 22.8 Å². The molecule has 0 unspecified atom stereocenters. The third-order valence-corrected chi connectivity index (χ3v) is 4.79. The molecule has 2 amide bonds. The number of anilines is 1. The maximum Gasteiger partial charge on any atom is 0.416 e. The van der Waals surface area contributed by atoms with Crippen LogP contribution in [0.2, 0.25) is 0 Å². The predicted octanol–water partition coefficient (Wildman–Crippen LogP) is 5.71. The molecule has 1 aliphatic heterocycles. The van der Waals surface area contributed by atoms with Crippen molar-refractivity contribution in [1.82, 2.24) is 0 Å². The number of imide groups is 1. The lowest BCUT2D eigenvalue weighted by atomic mass is 10.1. The van der Waals surface area contributed by atoms with Gasteiger partial charge in [0.25, 0.3) is 11.1 Å². The molecule has 2 aromatic rings. The van der Waals surface area contributed by atoms with Gasteiger partial charge in [-0.2, -0.15) is 13.2 Å². The third kappa shape index (κ3) is 3.80. The number of hydrogen-bond donors (Lipinski definition) is 0. The fourth-order valence-corrected chi connectivity index (χ4v) is 3.33. The number of carbonyl (C=O) groups excluding carboxylic acids is 2. The van der Waals surface area contributed by atoms with Gasteiger partial charge in [-0.3, -0.25) is 9.59 Å². The summed E-state index contributed by atoms with van der Waals surface area (Å²) in [6, 6.07) is 11.2. The Kier molecular flexibility index (Phi) is 4.75. The Morgan fingerprint density at radius 1 is 1.04 bits per heavy atom. The smallest absolute Gasteiger partial charge is 0.268 e. The third-order valence-electron chi connectivity index (χ3n) is 3.39. The summed E-state index contributed by atoms with van der Waals surface area (Å²) in [6.45, 7) is 0. The maximum atomic E-state index is 12.8. The summed E-state index contributed by atoms with van der Waals surface area (Å²) >= 11 is 3.99. The predicted molar refractivity (Wildman–Crippen MR) is 94.0 cm³/mol. The van der Waals surface area contributed by atoms with Crippen LogP contribution in [0.15, 0.2) is 57.9 Å². The van der Waals surface area contributed by atoms with Crippen LogP contribution in [0.5, 0.6) is 0 Å². The monoisotopic (exact) mass is 427 g/mol. The molecule has 8 heteroatoms. The summed E-state index contributed by atoms with van der Waals surface area (Å²) in [4.78, 5) is 25.5. The molecule has 1 heterocycles. The molecule has 0 aromatic heterocycles. The van der Waals surface area contributed by atoms with Gasteiger partial charge in [0.1, 0.15) is 0 Å². The molecule has 3 rings (SSSR count). The van der Waals surface area contributed by atoms with Crippen molar-refractivity contribution in [3.05, 3.63) is 69.0 Å². The number of halogens is 4. The summed E-state index contributed by atoms with van der Waals surface area (Å²) in [5, 5.41) is -0.632. The molecule has 1 fully saturated rings. The number of carbonyl (C=O) groups is 2. The highest BCUT2D eigenvalue weighted by molar-refractivity contribution is 9.10. The van der Waals surface area contributed by atoms with E-state index in [9.17, 15) is 22.8 Å². The number of rotatable bonds is 2. The van der Waals surface area contributed by atoms with E-state index in [0.717, 1.165) is 21.5 Å². The topological polar surface area (TPSA) is 37.4 Å². The molecule has 0 spiro atoms. The summed E-state index contributed by atoms with van der Waals surface area (Å²) in [5.41, 5.74) is -0.310. The van der Waals surface area contributed by atoms with Crippen LogP contribution in [-0.2, 0) is 11.0 Å². The number of hydrogen-bond acceptors (Lipinski definition) is 3. The Bertz CT molecular complexity index is 878. The highest BCUT2D eigenvalue weighted by atomic mass is 79.9. The summed E-state index contributed by atoms with van der Waals surface area (Å²) in [6.07, 6.45) is -3.02. The first-order valence-corrected chi connectivity index (χ1v) is 8.57. The van der Waals surface area contributed by atoms with E-state index >= 15 is 0 Å². The Morgan fingerprint density at radius 3 is 2.36 bits per heavy atom. The van der Waals surface area contributed by atoms with Gasteiger partial charge in [0.2, 0.25) is 0 Å². The molecular weight excluding hydrogens is 419 g/mol. The van der Waals surface area contributed by atoms with Gasteiger partial charge in [0.05, 0.1) is 16.2 Å². The van der Waals surface area contributed by atoms with Crippen LogP contribution in [0, 0.1) is 0 Å². The second-order valence-corrected chi connectivity index (χ2v) is 7.03. The normalized spacial score (nSPS) is 16.8. The van der Waals surface area contributed by atoms with Crippen LogP contribution < -0.4 is 4.90 Å². The first-order valence-electron chi connectivity index (χ1n) is 6.96. The molecule has 0 N–H and O–H groups in total. The van der Waals surface area contributed by atoms with Gasteiger partial charge in [-0.15, -0.1) is 0 Å². The Hall–Kier alpha value is -2.06. The Balaban J connectivity index is 1.93. The second kappa shape index (κ2) is 6.68. The lowest BCUT2D eigenvalue weighted by molar-refractivity contribution is -0.137. The zero-order valence-corrected chi connectivity index (χ0v) is 14.8. The quantitative estimate of drug-likeness (QED) is 0.576. The van der Waals surface area contributed by atoms with Gasteiger partial charge >= 0.3 is 6.18 Å². The highest BCUT2D eigenvalue weighted by Gasteiger charge is 2.38. The second-order valence-electron chi connectivity index (χ2n) is 5.12. The van der Waals surface area contributed by atoms with Crippen molar-refractivity contribution >= 4 is 50.6 Å². The van der Waals surface area contributed by atoms with Crippen molar-refractivity contribution in [1.29, 1.82) is 0 Å². The van der Waals surface area contributed by atoms with E-state index in [2.05, 4.69) is 15.9 Å². The molecule has 2 aromatic carbocycles. The average Bonchev–Trinajstić information content (AvgIpc) is 2.83. The van der Waals surface area contributed by atoms with Crippen LogP contribution in [0.1, 0.15) is 11.1 Å². The van der Waals surface area contributed by atoms with Crippen LogP contribution >= 0.6 is 27.7 Å². The number of alkyl halides is 3. The van der Waals surface area contributed by atoms with Crippen molar-refractivity contribution in [3.8, 4) is 0 Å². The van der Waals surface area contributed by atoms with Gasteiger partial charge in [0, 0.05) is 4.47 Å². The molecule has 128 valence electrons. The van der Waals surface area contributed by atoms with Gasteiger partial charge < -0.3 is 0 Å². The van der Waals surface area contributed by atoms with E-state index in [1.165, 1.54) is 18.2 Å². The van der Waals surface area contributed by atoms with Crippen LogP contribution in [0.3, 0.4) is 0 Å². The van der Waals surface area contributed by atoms with E-state index in [1.807, 2.05) is 0 Å². The molecule has 0 saturated carbocycles. The van der Waals surface area contributed by atoms with Gasteiger partial charge in [-0.05, 0) is 53.7 Å². The van der Waals surface area contributed by atoms with Crippen LogP contribution in [0.25, 0.3) is 6.08 Å². The number of nitrogens with zero attached hydrogens (tertiary/aromatic N) is 1. The van der Waals surface area contributed by atoms with Gasteiger partial charge in [-0.1, -0.05) is 34.1 Å². The minimum Gasteiger partial charge on any atom is -0.268 e. The van der Waals surface area contributed by atoms with Crippen molar-refractivity contribution in [3.63, 3.8) is 0 Å². The Morgan fingerprint density at radius 2 is 1.72 bits per heavy atom. The van der Waals surface area contributed by atoms with E-state index in [4.69, 9.17) is 0 Å². The van der Waals surface area contributed by atoms with Crippen LogP contribution in [-0.4, -0.2) is 11.1 Å². The average molecular weight is 428 g/mol. The number of thioether (sulfide) groups is 1. The molecule has 0 bridgehead atoms. The first-order chi connectivity index (χ1) is 11.8. The zero-order chi connectivity index (χ0) is 18.2. The molecule has 1 aliphatic rings. The van der Waals surface area contributed by atoms with Crippen LogP contribution in [0.4, 0.5) is 23.7 Å². The van der Waals surface area contributed by atoms with Crippen molar-refractivity contribution in [2.45, 2.75) is 6.18 Å². The van der Waals surface area contributed by atoms with Crippen molar-refractivity contribution in [2.24, 2.45) is 0 Å². The number of amides is 2. The molecule has 0 aliphatic carbocycles. The highest BCUT2D eigenvalue weighted by Crippen LogP contribution is 2.38. The van der Waals surface area contributed by atoms with Crippen molar-refractivity contribution in [2.75, 3.05) is 4.90 Å². The SMILES string of the molecule is O=C1S/C(=C\c2ccc(Br)cc2)C(=O)N1c1cccc(C(F)(F)F)c1. The lowest BCUT2D eigenvalue weighted by Gasteiger charge is -2.14. The fourth-order valence-electron chi connectivity index (χ4n) is 2.22. The summed E-state index contributed by atoms with van der Waals surface area (Å²) in [5.74, 6) is -0.641. The lowest BCUT2D eigenvalue weighted by Crippen LogP contribution is -2.28. The molecular formula is C17H9BrF3NO2S. The molecule has 3 nitrogen and oxygen atoms in total. The maximum absolute atomic E-state index is 12.8. The van der Waals surface area contributed by atoms with E-state index in [1.54, 1.807) is 24.3 Å². The zero-order valence-electron chi connectivity index (χ0n) is 12.4. The molecule has 1 saturated heterocycles. The van der Waals surface area contributed by atoms with Gasteiger partial charge in [-0.25, -0.2) is 4.90 Å². The molecule has 25 heavy (non-hydrogen) atoms. The van der Waals surface area contributed by atoms with E-state index in [-0.39, 0.29) is 10.6 Å². The first kappa shape index (κ1) is 17.8. The minimum atomic E-state index is -4.55. The molecule has 0 radical (unpaired) electrons. The molecule has 0 atom stereocenters. The fraction of sp³-hybridized carbons (Fsp3) is 0.0588. The van der Waals surface area contributed by atoms with Gasteiger partial charge in [0.15, 0.2) is 0 Å².